The van der Waals surface area contributed by atoms with Crippen LogP contribution < -0.4 is 5.32 Å². The monoisotopic (exact) mass is 313 g/mol. The lowest BCUT2D eigenvalue weighted by molar-refractivity contribution is 0.0907. The van der Waals surface area contributed by atoms with E-state index in [-0.39, 0.29) is 11.9 Å². The molecule has 2 aromatic rings. The van der Waals surface area contributed by atoms with Crippen molar-refractivity contribution >= 4 is 5.91 Å². The standard InChI is InChI=1S/C18H23N3O2/c1-13-6-5-7-16(19-13)14(2)20-18(22)17-9-8-15(23-17)12-21-10-3-4-11-21/h5-9,14H,3-4,10-12H2,1-2H3,(H,20,22)/t14-/m1/s1. The number of furan rings is 1. The predicted molar refractivity (Wildman–Crippen MR) is 88.1 cm³/mol. The third kappa shape index (κ3) is 3.99. The Morgan fingerprint density at radius 3 is 2.83 bits per heavy atom. The molecule has 0 bridgehead atoms. The summed E-state index contributed by atoms with van der Waals surface area (Å²) in [5.74, 6) is 1.01. The minimum atomic E-state index is -0.200. The highest BCUT2D eigenvalue weighted by Gasteiger charge is 2.18. The van der Waals surface area contributed by atoms with E-state index in [0.717, 1.165) is 36.8 Å². The van der Waals surface area contributed by atoms with E-state index in [0.29, 0.717) is 5.76 Å². The lowest BCUT2D eigenvalue weighted by Crippen LogP contribution is -2.27. The van der Waals surface area contributed by atoms with E-state index < -0.39 is 0 Å². The fourth-order valence-electron chi connectivity index (χ4n) is 2.89. The summed E-state index contributed by atoms with van der Waals surface area (Å²) in [5.41, 5.74) is 1.79. The first-order chi connectivity index (χ1) is 11.1. The summed E-state index contributed by atoms with van der Waals surface area (Å²) in [5, 5.41) is 2.94. The zero-order valence-corrected chi connectivity index (χ0v) is 13.7. The number of pyridine rings is 1. The molecule has 0 aliphatic carbocycles. The van der Waals surface area contributed by atoms with Crippen LogP contribution in [0, 0.1) is 6.92 Å². The van der Waals surface area contributed by atoms with Gasteiger partial charge in [-0.05, 0) is 64.0 Å². The Kier molecular flexibility index (Phi) is 4.76. The smallest absolute Gasteiger partial charge is 0.287 e. The molecule has 0 unspecified atom stereocenters. The van der Waals surface area contributed by atoms with E-state index in [1.54, 1.807) is 6.07 Å². The minimum Gasteiger partial charge on any atom is -0.455 e. The third-order valence-electron chi connectivity index (χ3n) is 4.16. The summed E-state index contributed by atoms with van der Waals surface area (Å²) < 4.78 is 5.69. The van der Waals surface area contributed by atoms with Crippen molar-refractivity contribution in [1.82, 2.24) is 15.2 Å². The molecule has 3 rings (SSSR count). The number of aryl methyl sites for hydroxylation is 1. The summed E-state index contributed by atoms with van der Waals surface area (Å²) in [4.78, 5) is 19.1. The van der Waals surface area contributed by atoms with Gasteiger partial charge in [-0.1, -0.05) is 6.07 Å². The number of nitrogens with zero attached hydrogens (tertiary/aromatic N) is 2. The number of aromatic nitrogens is 1. The van der Waals surface area contributed by atoms with Crippen molar-refractivity contribution in [2.24, 2.45) is 0 Å². The van der Waals surface area contributed by atoms with Gasteiger partial charge in [-0.15, -0.1) is 0 Å². The molecular weight excluding hydrogens is 290 g/mol. The van der Waals surface area contributed by atoms with Crippen LogP contribution in [0.2, 0.25) is 0 Å². The molecule has 2 aromatic heterocycles. The summed E-state index contributed by atoms with van der Waals surface area (Å²) in [6.45, 7) is 6.86. The predicted octanol–water partition coefficient (Wildman–Crippen LogP) is 3.07. The summed E-state index contributed by atoms with van der Waals surface area (Å²) >= 11 is 0. The van der Waals surface area contributed by atoms with Crippen LogP contribution in [0.1, 0.15) is 53.5 Å². The highest BCUT2D eigenvalue weighted by Crippen LogP contribution is 2.16. The molecule has 1 aliphatic rings. The van der Waals surface area contributed by atoms with Crippen molar-refractivity contribution in [1.29, 1.82) is 0 Å². The normalized spacial score (nSPS) is 16.4. The van der Waals surface area contributed by atoms with E-state index in [4.69, 9.17) is 4.42 Å². The molecule has 1 fully saturated rings. The maximum Gasteiger partial charge on any atom is 0.287 e. The van der Waals surface area contributed by atoms with Gasteiger partial charge in [0.1, 0.15) is 5.76 Å². The number of carbonyl (C=O) groups is 1. The quantitative estimate of drug-likeness (QED) is 0.921. The van der Waals surface area contributed by atoms with Gasteiger partial charge >= 0.3 is 0 Å². The van der Waals surface area contributed by atoms with Gasteiger partial charge in [-0.2, -0.15) is 0 Å². The van der Waals surface area contributed by atoms with Crippen molar-refractivity contribution in [3.8, 4) is 0 Å². The van der Waals surface area contributed by atoms with Gasteiger partial charge in [0.05, 0.1) is 18.3 Å². The van der Waals surface area contributed by atoms with Gasteiger partial charge in [0.25, 0.3) is 5.91 Å². The maximum atomic E-state index is 12.3. The van der Waals surface area contributed by atoms with Crippen LogP contribution in [0.4, 0.5) is 0 Å². The number of likely N-dealkylation sites (tertiary alicyclic amines) is 1. The molecule has 0 radical (unpaired) electrons. The van der Waals surface area contributed by atoms with Crippen LogP contribution in [-0.2, 0) is 6.54 Å². The van der Waals surface area contributed by atoms with Gasteiger partial charge in [-0.3, -0.25) is 14.7 Å². The molecule has 23 heavy (non-hydrogen) atoms. The lowest BCUT2D eigenvalue weighted by atomic mass is 10.2. The van der Waals surface area contributed by atoms with E-state index in [1.165, 1.54) is 12.8 Å². The van der Waals surface area contributed by atoms with E-state index in [2.05, 4.69) is 15.2 Å². The molecular formula is C18H23N3O2. The van der Waals surface area contributed by atoms with E-state index in [1.807, 2.05) is 38.1 Å². The Balaban J connectivity index is 1.60. The summed E-state index contributed by atoms with van der Waals surface area (Å²) in [6, 6.07) is 9.28. The number of carbonyl (C=O) groups excluding carboxylic acids is 1. The van der Waals surface area contributed by atoms with Crippen molar-refractivity contribution in [2.75, 3.05) is 13.1 Å². The zero-order valence-electron chi connectivity index (χ0n) is 13.7. The van der Waals surface area contributed by atoms with Crippen LogP contribution in [0.3, 0.4) is 0 Å². The Morgan fingerprint density at radius 2 is 2.09 bits per heavy atom. The van der Waals surface area contributed by atoms with Crippen LogP contribution in [-0.4, -0.2) is 28.9 Å². The van der Waals surface area contributed by atoms with Gasteiger partial charge in [-0.25, -0.2) is 0 Å². The number of nitrogens with one attached hydrogen (secondary N) is 1. The average Bonchev–Trinajstić information content (AvgIpc) is 3.19. The largest absolute Gasteiger partial charge is 0.455 e. The highest BCUT2D eigenvalue weighted by molar-refractivity contribution is 5.91. The van der Waals surface area contributed by atoms with Crippen LogP contribution >= 0.6 is 0 Å². The average molecular weight is 313 g/mol. The molecule has 1 amide bonds. The van der Waals surface area contributed by atoms with Crippen LogP contribution in [0.25, 0.3) is 0 Å². The summed E-state index contributed by atoms with van der Waals surface area (Å²) in [7, 11) is 0. The topological polar surface area (TPSA) is 58.4 Å². The molecule has 122 valence electrons. The first-order valence-corrected chi connectivity index (χ1v) is 8.17. The number of hydrogen-bond acceptors (Lipinski definition) is 4. The second-order valence-electron chi connectivity index (χ2n) is 6.15. The number of amides is 1. The van der Waals surface area contributed by atoms with E-state index in [9.17, 15) is 4.79 Å². The van der Waals surface area contributed by atoms with Crippen molar-refractivity contribution in [3.63, 3.8) is 0 Å². The van der Waals surface area contributed by atoms with Gasteiger partial charge in [0.15, 0.2) is 5.76 Å². The summed E-state index contributed by atoms with van der Waals surface area (Å²) in [6.07, 6.45) is 2.49. The first-order valence-electron chi connectivity index (χ1n) is 8.17. The molecule has 1 aliphatic heterocycles. The molecule has 0 spiro atoms. The highest BCUT2D eigenvalue weighted by atomic mass is 16.4. The molecule has 3 heterocycles. The van der Waals surface area contributed by atoms with Crippen molar-refractivity contribution in [2.45, 2.75) is 39.3 Å². The first kappa shape index (κ1) is 15.7. The zero-order chi connectivity index (χ0) is 16.2. The molecule has 5 heteroatoms. The van der Waals surface area contributed by atoms with Crippen molar-refractivity contribution < 1.29 is 9.21 Å². The fourth-order valence-corrected chi connectivity index (χ4v) is 2.89. The molecule has 0 saturated carbocycles. The van der Waals surface area contributed by atoms with Gasteiger partial charge in [0, 0.05) is 5.69 Å². The Labute approximate surface area is 136 Å². The molecule has 0 aromatic carbocycles. The Bertz CT molecular complexity index is 674. The van der Waals surface area contributed by atoms with Crippen LogP contribution in [0.5, 0.6) is 0 Å². The Morgan fingerprint density at radius 1 is 1.30 bits per heavy atom. The minimum absolute atomic E-state index is 0.158. The molecule has 5 nitrogen and oxygen atoms in total. The molecule has 1 saturated heterocycles. The SMILES string of the molecule is Cc1cccc([C@@H](C)NC(=O)c2ccc(CN3CCCC3)o2)n1. The molecule has 1 N–H and O–H groups in total. The van der Waals surface area contributed by atoms with E-state index >= 15 is 0 Å². The second kappa shape index (κ2) is 6.96. The van der Waals surface area contributed by atoms with Crippen LogP contribution in [0.15, 0.2) is 34.7 Å². The number of hydrogen-bond donors (Lipinski definition) is 1. The maximum absolute atomic E-state index is 12.3. The number of rotatable bonds is 5. The molecule has 1 atom stereocenters. The second-order valence-corrected chi connectivity index (χ2v) is 6.15. The van der Waals surface area contributed by atoms with Gasteiger partial charge in [0.2, 0.25) is 0 Å². The fraction of sp³-hybridized carbons (Fsp3) is 0.444. The third-order valence-corrected chi connectivity index (χ3v) is 4.16. The van der Waals surface area contributed by atoms with Crippen molar-refractivity contribution in [3.05, 3.63) is 53.2 Å². The lowest BCUT2D eigenvalue weighted by Gasteiger charge is -2.13. The van der Waals surface area contributed by atoms with Gasteiger partial charge < -0.3 is 9.73 Å². The Hall–Kier alpha value is -2.14.